The maximum atomic E-state index is 13.2. The van der Waals surface area contributed by atoms with Gasteiger partial charge >= 0.3 is 0 Å². The summed E-state index contributed by atoms with van der Waals surface area (Å²) in [5.41, 5.74) is 1.12. The number of rotatable bonds is 7. The van der Waals surface area contributed by atoms with Gasteiger partial charge in [0.15, 0.2) is 0 Å². The monoisotopic (exact) mass is 469 g/mol. The molecular formula is C23H33Cl2N3O3. The summed E-state index contributed by atoms with van der Waals surface area (Å²) in [4.78, 5) is 31.0. The Morgan fingerprint density at radius 3 is 2.48 bits per heavy atom. The predicted molar refractivity (Wildman–Crippen MR) is 123 cm³/mol. The first-order valence-corrected chi connectivity index (χ1v) is 11.8. The summed E-state index contributed by atoms with van der Waals surface area (Å²) < 4.78 is 5.31. The fraction of sp³-hybridized carbons (Fsp3) is 0.652. The smallest absolute Gasteiger partial charge is 0.223 e. The van der Waals surface area contributed by atoms with Crippen LogP contribution in [0.5, 0.6) is 0 Å². The van der Waals surface area contributed by atoms with Gasteiger partial charge in [0.25, 0.3) is 0 Å². The summed E-state index contributed by atoms with van der Waals surface area (Å²) >= 11 is 12.2. The van der Waals surface area contributed by atoms with Crippen LogP contribution in [0.1, 0.15) is 38.2 Å². The van der Waals surface area contributed by atoms with E-state index in [0.717, 1.165) is 64.1 Å². The summed E-state index contributed by atoms with van der Waals surface area (Å²) in [5, 5.41) is 1.13. The number of piperidine rings is 1. The average molecular weight is 470 g/mol. The molecule has 1 atom stereocenters. The van der Waals surface area contributed by atoms with Crippen LogP contribution in [0.15, 0.2) is 18.2 Å². The molecule has 2 saturated heterocycles. The highest BCUT2D eigenvalue weighted by Gasteiger charge is 2.32. The quantitative estimate of drug-likeness (QED) is 0.610. The molecule has 2 amide bonds. The molecule has 172 valence electrons. The molecule has 2 fully saturated rings. The third kappa shape index (κ3) is 6.82. The molecule has 0 bridgehead atoms. The largest absolute Gasteiger partial charge is 0.385 e. The molecule has 1 aromatic rings. The van der Waals surface area contributed by atoms with Crippen LogP contribution in [0.2, 0.25) is 10.0 Å². The van der Waals surface area contributed by atoms with Crippen molar-refractivity contribution in [1.82, 2.24) is 14.7 Å². The SMILES string of the molecule is COCCC1CN(Cc2ccc(Cl)c(Cl)c2)CCN1C(=O)CC1CCN(C(C)=O)CC1. The van der Waals surface area contributed by atoms with Gasteiger partial charge in [0, 0.05) is 72.4 Å². The van der Waals surface area contributed by atoms with Crippen LogP contribution < -0.4 is 0 Å². The van der Waals surface area contributed by atoms with Crippen LogP contribution in [0.25, 0.3) is 0 Å². The zero-order chi connectivity index (χ0) is 22.4. The Balaban J connectivity index is 1.56. The molecule has 1 unspecified atom stereocenters. The lowest BCUT2D eigenvalue weighted by atomic mass is 9.92. The minimum Gasteiger partial charge on any atom is -0.385 e. The molecular weight excluding hydrogens is 437 g/mol. The number of ether oxygens (including phenoxy) is 1. The highest BCUT2D eigenvalue weighted by atomic mass is 35.5. The summed E-state index contributed by atoms with van der Waals surface area (Å²) in [5.74, 6) is 0.722. The van der Waals surface area contributed by atoms with Crippen molar-refractivity contribution in [3.63, 3.8) is 0 Å². The third-order valence-corrected chi connectivity index (χ3v) is 7.19. The minimum absolute atomic E-state index is 0.127. The van der Waals surface area contributed by atoms with Crippen molar-refractivity contribution < 1.29 is 14.3 Å². The molecule has 8 heteroatoms. The summed E-state index contributed by atoms with van der Waals surface area (Å²) in [7, 11) is 1.70. The number of benzene rings is 1. The summed E-state index contributed by atoms with van der Waals surface area (Å²) in [6.07, 6.45) is 3.21. The van der Waals surface area contributed by atoms with Crippen LogP contribution in [-0.2, 0) is 20.9 Å². The standard InChI is InChI=1S/C23H33Cl2N3O3/c1-17(29)27-8-5-18(6-9-27)14-23(30)28-11-10-26(16-20(28)7-12-31-2)15-19-3-4-21(24)22(25)13-19/h3-4,13,18,20H,5-12,14-16H2,1-2H3. The Labute approximate surface area is 195 Å². The highest BCUT2D eigenvalue weighted by molar-refractivity contribution is 6.42. The molecule has 2 heterocycles. The molecule has 31 heavy (non-hydrogen) atoms. The maximum absolute atomic E-state index is 13.2. The molecule has 2 aliphatic heterocycles. The van der Waals surface area contributed by atoms with Crippen molar-refractivity contribution in [3.8, 4) is 0 Å². The van der Waals surface area contributed by atoms with Gasteiger partial charge in [-0.2, -0.15) is 0 Å². The third-order valence-electron chi connectivity index (χ3n) is 6.46. The van der Waals surface area contributed by atoms with E-state index in [0.29, 0.717) is 29.0 Å². The number of piperazine rings is 1. The first-order valence-electron chi connectivity index (χ1n) is 11.1. The van der Waals surface area contributed by atoms with E-state index in [2.05, 4.69) is 9.80 Å². The lowest BCUT2D eigenvalue weighted by Crippen LogP contribution is -2.55. The average Bonchev–Trinajstić information content (AvgIpc) is 2.75. The van der Waals surface area contributed by atoms with Gasteiger partial charge in [-0.15, -0.1) is 0 Å². The molecule has 0 radical (unpaired) electrons. The minimum atomic E-state index is 0.127. The van der Waals surface area contributed by atoms with Gasteiger partial charge in [0.05, 0.1) is 10.0 Å². The number of carbonyl (C=O) groups is 2. The fourth-order valence-corrected chi connectivity index (χ4v) is 4.93. The zero-order valence-corrected chi connectivity index (χ0v) is 20.0. The van der Waals surface area contributed by atoms with E-state index in [9.17, 15) is 9.59 Å². The van der Waals surface area contributed by atoms with E-state index in [1.54, 1.807) is 14.0 Å². The van der Waals surface area contributed by atoms with E-state index < -0.39 is 0 Å². The van der Waals surface area contributed by atoms with E-state index >= 15 is 0 Å². The maximum Gasteiger partial charge on any atom is 0.223 e. The summed E-state index contributed by atoms with van der Waals surface area (Å²) in [6, 6.07) is 5.89. The number of halogens is 2. The van der Waals surface area contributed by atoms with Gasteiger partial charge in [0.1, 0.15) is 0 Å². The number of amides is 2. The summed E-state index contributed by atoms with van der Waals surface area (Å²) in [6.45, 7) is 6.92. The molecule has 6 nitrogen and oxygen atoms in total. The lowest BCUT2D eigenvalue weighted by molar-refractivity contribution is -0.138. The van der Waals surface area contributed by atoms with Crippen molar-refractivity contribution in [2.75, 3.05) is 46.4 Å². The van der Waals surface area contributed by atoms with Crippen LogP contribution in [-0.4, -0.2) is 79.0 Å². The van der Waals surface area contributed by atoms with Gasteiger partial charge < -0.3 is 14.5 Å². The molecule has 0 N–H and O–H groups in total. The number of methoxy groups -OCH3 is 1. The Morgan fingerprint density at radius 1 is 1.10 bits per heavy atom. The Morgan fingerprint density at radius 2 is 1.84 bits per heavy atom. The van der Waals surface area contributed by atoms with Crippen molar-refractivity contribution in [2.24, 2.45) is 5.92 Å². The molecule has 3 rings (SSSR count). The molecule has 1 aromatic carbocycles. The van der Waals surface area contributed by atoms with Gasteiger partial charge in [-0.1, -0.05) is 29.3 Å². The number of nitrogens with zero attached hydrogens (tertiary/aromatic N) is 3. The Bertz CT molecular complexity index is 768. The van der Waals surface area contributed by atoms with Gasteiger partial charge in [-0.3, -0.25) is 14.5 Å². The van der Waals surface area contributed by atoms with Gasteiger partial charge in [-0.05, 0) is 42.9 Å². The topological polar surface area (TPSA) is 53.1 Å². The van der Waals surface area contributed by atoms with E-state index in [-0.39, 0.29) is 17.9 Å². The van der Waals surface area contributed by atoms with Crippen LogP contribution in [0.3, 0.4) is 0 Å². The van der Waals surface area contributed by atoms with E-state index in [1.165, 1.54) is 0 Å². The first-order chi connectivity index (χ1) is 14.9. The van der Waals surface area contributed by atoms with Crippen molar-refractivity contribution in [1.29, 1.82) is 0 Å². The predicted octanol–water partition coefficient (Wildman–Crippen LogP) is 3.69. The second-order valence-electron chi connectivity index (χ2n) is 8.66. The molecule has 0 saturated carbocycles. The molecule has 0 aliphatic carbocycles. The van der Waals surface area contributed by atoms with Crippen molar-refractivity contribution in [3.05, 3.63) is 33.8 Å². The molecule has 0 aromatic heterocycles. The molecule has 0 spiro atoms. The van der Waals surface area contributed by atoms with Crippen LogP contribution in [0, 0.1) is 5.92 Å². The number of carbonyl (C=O) groups excluding carboxylic acids is 2. The Kier molecular flexibility index (Phi) is 9.02. The second-order valence-corrected chi connectivity index (χ2v) is 9.47. The van der Waals surface area contributed by atoms with Crippen LogP contribution >= 0.6 is 23.2 Å². The lowest BCUT2D eigenvalue weighted by Gasteiger charge is -2.42. The van der Waals surface area contributed by atoms with E-state index in [1.807, 2.05) is 23.1 Å². The second kappa shape index (κ2) is 11.5. The number of likely N-dealkylation sites (tertiary alicyclic amines) is 1. The Hall–Kier alpha value is -1.34. The fourth-order valence-electron chi connectivity index (χ4n) is 4.60. The number of hydrogen-bond donors (Lipinski definition) is 0. The van der Waals surface area contributed by atoms with Crippen molar-refractivity contribution in [2.45, 2.75) is 45.2 Å². The number of hydrogen-bond acceptors (Lipinski definition) is 4. The normalized spacial score (nSPS) is 20.8. The van der Waals surface area contributed by atoms with E-state index in [4.69, 9.17) is 27.9 Å². The highest BCUT2D eigenvalue weighted by Crippen LogP contribution is 2.26. The van der Waals surface area contributed by atoms with Gasteiger partial charge in [0.2, 0.25) is 11.8 Å². The van der Waals surface area contributed by atoms with Crippen molar-refractivity contribution >= 4 is 35.0 Å². The molecule has 2 aliphatic rings. The van der Waals surface area contributed by atoms with Crippen LogP contribution in [0.4, 0.5) is 0 Å². The zero-order valence-electron chi connectivity index (χ0n) is 18.5. The van der Waals surface area contributed by atoms with Gasteiger partial charge in [-0.25, -0.2) is 0 Å². The first kappa shape index (κ1) is 24.3.